The molecule has 30 heavy (non-hydrogen) atoms. The Hall–Kier alpha value is -2.16. The van der Waals surface area contributed by atoms with Gasteiger partial charge >= 0.3 is 0 Å². The maximum atomic E-state index is 13.1. The third-order valence-corrected chi connectivity index (χ3v) is 6.98. The first-order valence-electron chi connectivity index (χ1n) is 9.79. The Morgan fingerprint density at radius 2 is 1.83 bits per heavy atom. The first-order valence-corrected chi connectivity index (χ1v) is 11.7. The fraction of sp³-hybridized carbons (Fsp3) is 0.381. The molecule has 0 atom stereocenters. The second-order valence-corrected chi connectivity index (χ2v) is 9.63. The first-order chi connectivity index (χ1) is 14.2. The van der Waals surface area contributed by atoms with Gasteiger partial charge < -0.3 is 10.2 Å². The third kappa shape index (κ3) is 5.93. The van der Waals surface area contributed by atoms with Gasteiger partial charge in [-0.15, -0.1) is 0 Å². The van der Waals surface area contributed by atoms with Gasteiger partial charge in [-0.3, -0.25) is 9.52 Å². The molecule has 0 saturated carbocycles. The van der Waals surface area contributed by atoms with Crippen molar-refractivity contribution in [2.24, 2.45) is 5.92 Å². The zero-order valence-electron chi connectivity index (χ0n) is 16.7. The molecule has 0 aliphatic carbocycles. The molecule has 6 nitrogen and oxygen atoms in total. The Morgan fingerprint density at radius 1 is 1.17 bits per heavy atom. The molecule has 162 valence electrons. The largest absolute Gasteiger partial charge is 0.352 e. The van der Waals surface area contributed by atoms with E-state index in [0.717, 1.165) is 56.6 Å². The fourth-order valence-electron chi connectivity index (χ4n) is 3.40. The molecule has 2 N–H and O–H groups in total. The minimum atomic E-state index is -3.97. The van der Waals surface area contributed by atoms with E-state index in [2.05, 4.69) is 22.0 Å². The SMILES string of the molecule is CN1CCC(CCNC(=O)c2ccc(Cl)c(NS(=O)(=O)c3ccc(F)cc3)c2)CC1. The van der Waals surface area contributed by atoms with Crippen LogP contribution in [0.25, 0.3) is 0 Å². The molecule has 3 rings (SSSR count). The summed E-state index contributed by atoms with van der Waals surface area (Å²) in [6, 6.07) is 8.85. The molecule has 0 unspecified atom stereocenters. The number of hydrogen-bond donors (Lipinski definition) is 2. The molecule has 1 aliphatic heterocycles. The van der Waals surface area contributed by atoms with Crippen LogP contribution in [0.15, 0.2) is 47.4 Å². The van der Waals surface area contributed by atoms with E-state index in [9.17, 15) is 17.6 Å². The van der Waals surface area contributed by atoms with Crippen molar-refractivity contribution >= 4 is 33.2 Å². The average molecular weight is 454 g/mol. The molecule has 2 aromatic rings. The number of likely N-dealkylation sites (tertiary alicyclic amines) is 1. The molecule has 0 bridgehead atoms. The van der Waals surface area contributed by atoms with E-state index in [0.29, 0.717) is 18.0 Å². The van der Waals surface area contributed by atoms with Crippen molar-refractivity contribution in [3.63, 3.8) is 0 Å². The van der Waals surface area contributed by atoms with E-state index < -0.39 is 15.8 Å². The predicted octanol–water partition coefficient (Wildman–Crippen LogP) is 3.74. The van der Waals surface area contributed by atoms with Gasteiger partial charge in [-0.2, -0.15) is 0 Å². The zero-order chi connectivity index (χ0) is 21.7. The van der Waals surface area contributed by atoms with Crippen molar-refractivity contribution in [2.75, 3.05) is 31.4 Å². The van der Waals surface area contributed by atoms with Gasteiger partial charge in [0.1, 0.15) is 5.82 Å². The number of nitrogens with one attached hydrogen (secondary N) is 2. The number of carbonyl (C=O) groups is 1. The average Bonchev–Trinajstić information content (AvgIpc) is 2.71. The van der Waals surface area contributed by atoms with Crippen LogP contribution in [0.2, 0.25) is 5.02 Å². The van der Waals surface area contributed by atoms with Gasteiger partial charge in [-0.25, -0.2) is 12.8 Å². The number of benzene rings is 2. The number of nitrogens with zero attached hydrogens (tertiary/aromatic N) is 1. The molecule has 0 radical (unpaired) electrons. The summed E-state index contributed by atoms with van der Waals surface area (Å²) in [7, 11) is -1.86. The van der Waals surface area contributed by atoms with Gasteiger partial charge in [0.2, 0.25) is 0 Å². The Morgan fingerprint density at radius 3 is 2.50 bits per heavy atom. The highest BCUT2D eigenvalue weighted by molar-refractivity contribution is 7.92. The summed E-state index contributed by atoms with van der Waals surface area (Å²) in [5.74, 6) is -0.225. The van der Waals surface area contributed by atoms with Crippen molar-refractivity contribution in [3.8, 4) is 0 Å². The molecule has 1 heterocycles. The number of carbonyl (C=O) groups excluding carboxylic acids is 1. The maximum absolute atomic E-state index is 13.1. The lowest BCUT2D eigenvalue weighted by Crippen LogP contribution is -2.32. The summed E-state index contributed by atoms with van der Waals surface area (Å²) in [5.41, 5.74) is 0.392. The molecule has 9 heteroatoms. The van der Waals surface area contributed by atoms with Crippen LogP contribution in [-0.2, 0) is 10.0 Å². The number of anilines is 1. The summed E-state index contributed by atoms with van der Waals surface area (Å²) in [6.45, 7) is 2.72. The van der Waals surface area contributed by atoms with Crippen LogP contribution >= 0.6 is 11.6 Å². The Kier molecular flexibility index (Phi) is 7.33. The lowest BCUT2D eigenvalue weighted by Gasteiger charge is -2.28. The van der Waals surface area contributed by atoms with Crippen LogP contribution in [0.4, 0.5) is 10.1 Å². The molecular formula is C21H25ClFN3O3S. The molecule has 0 aromatic heterocycles. The predicted molar refractivity (Wildman–Crippen MR) is 116 cm³/mol. The summed E-state index contributed by atoms with van der Waals surface area (Å²) >= 11 is 6.11. The van der Waals surface area contributed by atoms with Crippen LogP contribution in [0.5, 0.6) is 0 Å². The molecule has 0 spiro atoms. The zero-order valence-corrected chi connectivity index (χ0v) is 18.3. The van der Waals surface area contributed by atoms with E-state index in [4.69, 9.17) is 11.6 Å². The minimum absolute atomic E-state index is 0.0870. The fourth-order valence-corrected chi connectivity index (χ4v) is 4.70. The summed E-state index contributed by atoms with van der Waals surface area (Å²) in [6.07, 6.45) is 3.17. The molecule has 2 aromatic carbocycles. The number of piperidine rings is 1. The van der Waals surface area contributed by atoms with Crippen LogP contribution in [0.1, 0.15) is 29.6 Å². The van der Waals surface area contributed by atoms with Crippen molar-refractivity contribution in [2.45, 2.75) is 24.2 Å². The van der Waals surface area contributed by atoms with E-state index >= 15 is 0 Å². The molecule has 1 amide bonds. The third-order valence-electron chi connectivity index (χ3n) is 5.27. The Labute approximate surface area is 181 Å². The van der Waals surface area contributed by atoms with Crippen molar-refractivity contribution in [1.29, 1.82) is 0 Å². The lowest BCUT2D eigenvalue weighted by molar-refractivity contribution is 0.0949. The Bertz CT molecular complexity index is 991. The summed E-state index contributed by atoms with van der Waals surface area (Å²) < 4.78 is 40.5. The smallest absolute Gasteiger partial charge is 0.261 e. The molecule has 1 fully saturated rings. The van der Waals surface area contributed by atoms with E-state index in [1.165, 1.54) is 12.1 Å². The molecular weight excluding hydrogens is 429 g/mol. The normalized spacial score (nSPS) is 15.7. The quantitative estimate of drug-likeness (QED) is 0.669. The number of halogens is 2. The number of rotatable bonds is 7. The van der Waals surface area contributed by atoms with E-state index in [1.54, 1.807) is 6.07 Å². The monoisotopic (exact) mass is 453 g/mol. The minimum Gasteiger partial charge on any atom is -0.352 e. The topological polar surface area (TPSA) is 78.5 Å². The highest BCUT2D eigenvalue weighted by Gasteiger charge is 2.19. The van der Waals surface area contributed by atoms with Crippen LogP contribution in [0, 0.1) is 11.7 Å². The van der Waals surface area contributed by atoms with Gasteiger partial charge in [-0.1, -0.05) is 11.6 Å². The van der Waals surface area contributed by atoms with Crippen molar-refractivity contribution in [3.05, 3.63) is 58.9 Å². The summed E-state index contributed by atoms with van der Waals surface area (Å²) in [4.78, 5) is 14.7. The van der Waals surface area contributed by atoms with Crippen molar-refractivity contribution in [1.82, 2.24) is 10.2 Å². The summed E-state index contributed by atoms with van der Waals surface area (Å²) in [5, 5.41) is 3.05. The first kappa shape index (κ1) is 22.5. The van der Waals surface area contributed by atoms with Crippen LogP contribution in [-0.4, -0.2) is 45.9 Å². The Balaban J connectivity index is 1.62. The highest BCUT2D eigenvalue weighted by Crippen LogP contribution is 2.26. The van der Waals surface area contributed by atoms with E-state index in [1.807, 2.05) is 0 Å². The standard InChI is InChI=1S/C21H25ClFN3O3S/c1-26-12-9-15(10-13-26)8-11-24-21(27)16-2-7-19(22)20(14-16)25-30(28,29)18-5-3-17(23)4-6-18/h2-7,14-15,25H,8-13H2,1H3,(H,24,27). The van der Waals surface area contributed by atoms with E-state index in [-0.39, 0.29) is 21.5 Å². The number of hydrogen-bond acceptors (Lipinski definition) is 4. The van der Waals surface area contributed by atoms with Gasteiger partial charge in [0.05, 0.1) is 15.6 Å². The molecule has 1 aliphatic rings. The highest BCUT2D eigenvalue weighted by atomic mass is 35.5. The lowest BCUT2D eigenvalue weighted by atomic mass is 9.94. The van der Waals surface area contributed by atoms with Gasteiger partial charge in [0.25, 0.3) is 15.9 Å². The maximum Gasteiger partial charge on any atom is 0.261 e. The number of amides is 1. The van der Waals surface area contributed by atoms with Crippen LogP contribution < -0.4 is 10.0 Å². The number of sulfonamides is 1. The van der Waals surface area contributed by atoms with Crippen LogP contribution in [0.3, 0.4) is 0 Å². The van der Waals surface area contributed by atoms with Crippen molar-refractivity contribution < 1.29 is 17.6 Å². The van der Waals surface area contributed by atoms with Gasteiger partial charge in [0.15, 0.2) is 0 Å². The van der Waals surface area contributed by atoms with Gasteiger partial charge in [-0.05, 0) is 87.8 Å². The molecule has 1 saturated heterocycles. The van der Waals surface area contributed by atoms with Gasteiger partial charge in [0, 0.05) is 12.1 Å². The second kappa shape index (κ2) is 9.76. The second-order valence-electron chi connectivity index (χ2n) is 7.55.